The minimum atomic E-state index is -0.106. The number of nitrogens with zero attached hydrogens (tertiary/aromatic N) is 5. The number of rotatable bonds is 7. The van der Waals surface area contributed by atoms with Crippen LogP contribution in [0, 0.1) is 0 Å². The molecule has 0 atom stereocenters. The number of carbonyl (C=O) groups is 1. The minimum absolute atomic E-state index is 0. The number of anilines is 2. The molecule has 3 rings (SSSR count). The van der Waals surface area contributed by atoms with Gasteiger partial charge in [0.05, 0.1) is 6.54 Å². The highest BCUT2D eigenvalue weighted by molar-refractivity contribution is 14.0. The quantitative estimate of drug-likeness (QED) is 0.241. The summed E-state index contributed by atoms with van der Waals surface area (Å²) in [6.07, 6.45) is 3.54. The largest absolute Gasteiger partial charge is 0.492 e. The lowest BCUT2D eigenvalue weighted by Gasteiger charge is -2.36. The molecule has 0 saturated carbocycles. The fourth-order valence-electron chi connectivity index (χ4n) is 3.18. The summed E-state index contributed by atoms with van der Waals surface area (Å²) in [6.45, 7) is 8.74. The number of nitrogens with one attached hydrogen (secondary N) is 2. The van der Waals surface area contributed by atoms with Crippen molar-refractivity contribution in [2.24, 2.45) is 4.99 Å². The molecule has 0 aliphatic carbocycles. The van der Waals surface area contributed by atoms with Crippen LogP contribution in [0.3, 0.4) is 0 Å². The molecule has 168 valence electrons. The van der Waals surface area contributed by atoms with E-state index in [-0.39, 0.29) is 29.9 Å². The van der Waals surface area contributed by atoms with E-state index in [9.17, 15) is 4.79 Å². The van der Waals surface area contributed by atoms with Crippen molar-refractivity contribution in [3.63, 3.8) is 0 Å². The Hall–Kier alpha value is -2.63. The molecule has 2 aromatic rings. The number of carbonyl (C=O) groups excluding carboxylic acids is 1. The standard InChI is InChI=1S/C21H29N7O2.HI/c1-3-22-20(27-11-13-28(14-12-27)21-23-8-5-9-24-21)25-10-15-30-19-7-4-6-18(16-19)26-17(2)29;/h4-9,16H,3,10-15H2,1-2H3,(H,22,25)(H,26,29);1H. The van der Waals surface area contributed by atoms with Crippen molar-refractivity contribution in [1.82, 2.24) is 20.2 Å². The summed E-state index contributed by atoms with van der Waals surface area (Å²) < 4.78 is 5.79. The smallest absolute Gasteiger partial charge is 0.225 e. The second kappa shape index (κ2) is 12.9. The Morgan fingerprint density at radius 1 is 1.16 bits per heavy atom. The Balaban J connectivity index is 0.00000341. The molecular formula is C21H30IN7O2. The molecule has 2 heterocycles. The number of ether oxygens (including phenoxy) is 1. The van der Waals surface area contributed by atoms with Crippen molar-refractivity contribution in [3.8, 4) is 5.75 Å². The molecule has 0 bridgehead atoms. The van der Waals surface area contributed by atoms with Crippen LogP contribution in [0.2, 0.25) is 0 Å². The molecule has 0 spiro atoms. The molecule has 2 N–H and O–H groups in total. The number of guanidine groups is 1. The lowest BCUT2D eigenvalue weighted by Crippen LogP contribution is -2.53. The highest BCUT2D eigenvalue weighted by atomic mass is 127. The first-order chi connectivity index (χ1) is 14.7. The second-order valence-corrected chi connectivity index (χ2v) is 6.82. The molecule has 1 aliphatic heterocycles. The number of amides is 1. The number of aromatic nitrogens is 2. The van der Waals surface area contributed by atoms with Crippen LogP contribution in [0.1, 0.15) is 13.8 Å². The lowest BCUT2D eigenvalue weighted by atomic mass is 10.3. The first kappa shape index (κ1) is 24.6. The van der Waals surface area contributed by atoms with E-state index < -0.39 is 0 Å². The normalized spacial score (nSPS) is 13.9. The van der Waals surface area contributed by atoms with Gasteiger partial charge >= 0.3 is 0 Å². The zero-order valence-corrected chi connectivity index (χ0v) is 20.3. The fourth-order valence-corrected chi connectivity index (χ4v) is 3.18. The summed E-state index contributed by atoms with van der Waals surface area (Å²) in [7, 11) is 0. The van der Waals surface area contributed by atoms with E-state index in [0.29, 0.717) is 18.9 Å². The molecule has 1 saturated heterocycles. The van der Waals surface area contributed by atoms with E-state index in [4.69, 9.17) is 9.73 Å². The van der Waals surface area contributed by atoms with E-state index in [1.54, 1.807) is 18.5 Å². The first-order valence-corrected chi connectivity index (χ1v) is 10.2. The van der Waals surface area contributed by atoms with E-state index in [1.807, 2.05) is 24.3 Å². The molecule has 10 heteroatoms. The van der Waals surface area contributed by atoms with Crippen molar-refractivity contribution in [2.75, 3.05) is 56.1 Å². The van der Waals surface area contributed by atoms with Gasteiger partial charge in [0.2, 0.25) is 11.9 Å². The molecule has 1 amide bonds. The van der Waals surface area contributed by atoms with Crippen LogP contribution in [0.15, 0.2) is 47.7 Å². The predicted molar refractivity (Wildman–Crippen MR) is 133 cm³/mol. The van der Waals surface area contributed by atoms with Crippen molar-refractivity contribution in [3.05, 3.63) is 42.7 Å². The number of hydrogen-bond donors (Lipinski definition) is 2. The zero-order valence-electron chi connectivity index (χ0n) is 18.0. The van der Waals surface area contributed by atoms with Gasteiger partial charge in [0, 0.05) is 63.8 Å². The third-order valence-electron chi connectivity index (χ3n) is 4.53. The number of hydrogen-bond acceptors (Lipinski definition) is 6. The molecular weight excluding hydrogens is 509 g/mol. The SMILES string of the molecule is CCNC(=NCCOc1cccc(NC(C)=O)c1)N1CCN(c2ncccn2)CC1.I. The second-order valence-electron chi connectivity index (χ2n) is 6.82. The molecule has 1 aromatic carbocycles. The molecule has 0 radical (unpaired) electrons. The Bertz CT molecular complexity index is 843. The summed E-state index contributed by atoms with van der Waals surface area (Å²) in [5.74, 6) is 2.26. The van der Waals surface area contributed by atoms with Gasteiger partial charge in [-0.05, 0) is 25.1 Å². The highest BCUT2D eigenvalue weighted by Crippen LogP contribution is 2.17. The van der Waals surface area contributed by atoms with E-state index in [0.717, 1.165) is 50.3 Å². The molecule has 9 nitrogen and oxygen atoms in total. The van der Waals surface area contributed by atoms with E-state index >= 15 is 0 Å². The number of benzene rings is 1. The average Bonchev–Trinajstić information content (AvgIpc) is 2.76. The minimum Gasteiger partial charge on any atom is -0.492 e. The van der Waals surface area contributed by atoms with Crippen LogP contribution >= 0.6 is 24.0 Å². The van der Waals surface area contributed by atoms with Crippen molar-refractivity contribution < 1.29 is 9.53 Å². The maximum absolute atomic E-state index is 11.2. The van der Waals surface area contributed by atoms with Crippen LogP contribution in [-0.4, -0.2) is 72.6 Å². The van der Waals surface area contributed by atoms with E-state index in [1.165, 1.54) is 6.92 Å². The van der Waals surface area contributed by atoms with Gasteiger partial charge < -0.3 is 25.2 Å². The maximum Gasteiger partial charge on any atom is 0.225 e. The highest BCUT2D eigenvalue weighted by Gasteiger charge is 2.20. The van der Waals surface area contributed by atoms with E-state index in [2.05, 4.69) is 37.3 Å². The van der Waals surface area contributed by atoms with Gasteiger partial charge in [-0.15, -0.1) is 24.0 Å². The number of piperazine rings is 1. The van der Waals surface area contributed by atoms with Crippen LogP contribution in [0.5, 0.6) is 5.75 Å². The average molecular weight is 539 g/mol. The molecule has 1 fully saturated rings. The zero-order chi connectivity index (χ0) is 21.2. The molecule has 1 aliphatic rings. The van der Waals surface area contributed by atoms with Gasteiger partial charge in [0.15, 0.2) is 5.96 Å². The van der Waals surface area contributed by atoms with Gasteiger partial charge in [0.25, 0.3) is 0 Å². The summed E-state index contributed by atoms with van der Waals surface area (Å²) in [4.78, 5) is 29.0. The topological polar surface area (TPSA) is 95.0 Å². The van der Waals surface area contributed by atoms with Crippen LogP contribution < -0.4 is 20.3 Å². The van der Waals surface area contributed by atoms with Crippen LogP contribution in [-0.2, 0) is 4.79 Å². The fraction of sp³-hybridized carbons (Fsp3) is 0.429. The molecule has 0 unspecified atom stereocenters. The van der Waals surface area contributed by atoms with Crippen molar-refractivity contribution in [2.45, 2.75) is 13.8 Å². The Morgan fingerprint density at radius 2 is 1.90 bits per heavy atom. The Labute approximate surface area is 200 Å². The van der Waals surface area contributed by atoms with Gasteiger partial charge in [-0.3, -0.25) is 4.79 Å². The summed E-state index contributed by atoms with van der Waals surface area (Å²) in [5.41, 5.74) is 0.720. The Morgan fingerprint density at radius 3 is 2.58 bits per heavy atom. The maximum atomic E-state index is 11.2. The first-order valence-electron chi connectivity index (χ1n) is 10.2. The third kappa shape index (κ3) is 7.85. The number of halogens is 1. The Kier molecular flexibility index (Phi) is 10.3. The van der Waals surface area contributed by atoms with Crippen LogP contribution in [0.4, 0.5) is 11.6 Å². The van der Waals surface area contributed by atoms with Gasteiger partial charge in [-0.2, -0.15) is 0 Å². The van der Waals surface area contributed by atoms with Crippen LogP contribution in [0.25, 0.3) is 0 Å². The summed E-state index contributed by atoms with van der Waals surface area (Å²) in [6, 6.07) is 9.18. The predicted octanol–water partition coefficient (Wildman–Crippen LogP) is 2.22. The van der Waals surface area contributed by atoms with Crippen molar-refractivity contribution in [1.29, 1.82) is 0 Å². The van der Waals surface area contributed by atoms with Gasteiger partial charge in [0.1, 0.15) is 12.4 Å². The lowest BCUT2D eigenvalue weighted by molar-refractivity contribution is -0.114. The van der Waals surface area contributed by atoms with Gasteiger partial charge in [-0.25, -0.2) is 15.0 Å². The van der Waals surface area contributed by atoms with Crippen molar-refractivity contribution >= 4 is 47.5 Å². The summed E-state index contributed by atoms with van der Waals surface area (Å²) in [5, 5.41) is 6.11. The third-order valence-corrected chi connectivity index (χ3v) is 4.53. The monoisotopic (exact) mass is 539 g/mol. The number of aliphatic imine (C=N–C) groups is 1. The van der Waals surface area contributed by atoms with Gasteiger partial charge in [-0.1, -0.05) is 6.07 Å². The molecule has 1 aromatic heterocycles. The summed E-state index contributed by atoms with van der Waals surface area (Å²) >= 11 is 0. The molecule has 31 heavy (non-hydrogen) atoms.